The Kier molecular flexibility index (Phi) is 7.84. The molecular formula is C27H33FN4O2. The maximum absolute atomic E-state index is 14.1. The number of carbonyl (C=O) groups is 1. The van der Waals surface area contributed by atoms with Crippen LogP contribution in [0.4, 0.5) is 14.9 Å². The van der Waals surface area contributed by atoms with Crippen molar-refractivity contribution in [3.05, 3.63) is 65.5 Å². The molecule has 0 radical (unpaired) electrons. The molecule has 0 bridgehead atoms. The molecule has 0 aliphatic carbocycles. The molecule has 0 spiro atoms. The lowest BCUT2D eigenvalue weighted by Crippen LogP contribution is -2.68. The number of aliphatic hydroxyl groups is 1. The van der Waals surface area contributed by atoms with Crippen LogP contribution in [-0.2, 0) is 0 Å². The van der Waals surface area contributed by atoms with Crippen LogP contribution in [-0.4, -0.2) is 84.8 Å². The molecule has 2 aromatic carbocycles. The number of aliphatic hydroxyl groups excluding tert-OH is 1. The van der Waals surface area contributed by atoms with Crippen LogP contribution in [0.25, 0.3) is 0 Å². The molecule has 2 aliphatic heterocycles. The van der Waals surface area contributed by atoms with Gasteiger partial charge in [-0.15, -0.1) is 0 Å². The summed E-state index contributed by atoms with van der Waals surface area (Å²) in [6.07, 6.45) is 1.82. The third-order valence-corrected chi connectivity index (χ3v) is 6.70. The van der Waals surface area contributed by atoms with Crippen molar-refractivity contribution in [2.45, 2.75) is 30.8 Å². The molecule has 0 saturated carbocycles. The second-order valence-corrected chi connectivity index (χ2v) is 9.31. The molecule has 2 heterocycles. The smallest absolute Gasteiger partial charge is 0.321 e. The first-order valence-corrected chi connectivity index (χ1v) is 11.9. The fraction of sp³-hybridized carbons (Fsp3) is 0.444. The predicted molar refractivity (Wildman–Crippen MR) is 132 cm³/mol. The molecule has 2 N–H and O–H groups in total. The first kappa shape index (κ1) is 24.2. The van der Waals surface area contributed by atoms with E-state index in [1.807, 2.05) is 31.1 Å². The molecule has 2 aliphatic rings. The first-order chi connectivity index (χ1) is 16.5. The molecule has 4 rings (SSSR count). The lowest BCUT2D eigenvalue weighted by molar-refractivity contribution is -0.0585. The van der Waals surface area contributed by atoms with E-state index in [1.165, 1.54) is 6.07 Å². The molecule has 7 heteroatoms. The van der Waals surface area contributed by atoms with Gasteiger partial charge >= 0.3 is 6.03 Å². The van der Waals surface area contributed by atoms with E-state index in [2.05, 4.69) is 34.2 Å². The molecular weight excluding hydrogens is 431 g/mol. The zero-order valence-corrected chi connectivity index (χ0v) is 19.9. The molecule has 0 unspecified atom stereocenters. The van der Waals surface area contributed by atoms with E-state index < -0.39 is 5.82 Å². The van der Waals surface area contributed by atoms with Crippen LogP contribution in [0, 0.1) is 17.7 Å². The summed E-state index contributed by atoms with van der Waals surface area (Å²) in [5.74, 6) is 6.01. The predicted octanol–water partition coefficient (Wildman–Crippen LogP) is 3.20. The molecule has 2 amide bonds. The minimum absolute atomic E-state index is 0.0326. The number of amides is 2. The quantitative estimate of drug-likeness (QED) is 0.683. The Labute approximate surface area is 201 Å². The van der Waals surface area contributed by atoms with Crippen molar-refractivity contribution in [2.75, 3.05) is 52.2 Å². The summed E-state index contributed by atoms with van der Waals surface area (Å²) < 4.78 is 14.1. The van der Waals surface area contributed by atoms with Gasteiger partial charge in [0.15, 0.2) is 0 Å². The van der Waals surface area contributed by atoms with Gasteiger partial charge in [-0.05, 0) is 63.3 Å². The zero-order chi connectivity index (χ0) is 24.1. The Morgan fingerprint density at radius 2 is 1.88 bits per heavy atom. The number of rotatable bonds is 4. The van der Waals surface area contributed by atoms with Crippen molar-refractivity contribution in [1.29, 1.82) is 0 Å². The second kappa shape index (κ2) is 11.0. The van der Waals surface area contributed by atoms with Gasteiger partial charge in [-0.25, -0.2) is 9.18 Å². The van der Waals surface area contributed by atoms with Gasteiger partial charge in [-0.3, -0.25) is 9.80 Å². The number of hydrogen-bond donors (Lipinski definition) is 2. The summed E-state index contributed by atoms with van der Waals surface area (Å²) in [7, 11) is 3.98. The first-order valence-electron chi connectivity index (χ1n) is 11.9. The number of anilines is 1. The summed E-state index contributed by atoms with van der Waals surface area (Å²) in [4.78, 5) is 19.1. The van der Waals surface area contributed by atoms with Crippen LogP contribution in [0.1, 0.15) is 29.9 Å². The van der Waals surface area contributed by atoms with Gasteiger partial charge in [-0.1, -0.05) is 36.1 Å². The normalized spacial score (nSPS) is 22.6. The molecule has 2 saturated heterocycles. The summed E-state index contributed by atoms with van der Waals surface area (Å²) in [6.45, 7) is 2.85. The van der Waals surface area contributed by atoms with Gasteiger partial charge in [0.2, 0.25) is 0 Å². The maximum atomic E-state index is 14.1. The number of fused-ring (bicyclic) bond motifs is 1. The van der Waals surface area contributed by atoms with Crippen LogP contribution in [0.3, 0.4) is 0 Å². The lowest BCUT2D eigenvalue weighted by Gasteiger charge is -2.57. The van der Waals surface area contributed by atoms with E-state index in [0.29, 0.717) is 19.6 Å². The SMILES string of the molecule is CN(C)CC#Cc1ccc([C@H]2[C@H]3CN(C(=O)Nc4ccccc4F)CCCCN3[C@H]2CO)cc1. The summed E-state index contributed by atoms with van der Waals surface area (Å²) in [6, 6.07) is 14.3. The molecule has 2 aromatic rings. The van der Waals surface area contributed by atoms with E-state index >= 15 is 0 Å². The molecule has 180 valence electrons. The van der Waals surface area contributed by atoms with Crippen LogP contribution in [0.2, 0.25) is 0 Å². The number of halogens is 1. The highest BCUT2D eigenvalue weighted by molar-refractivity contribution is 5.89. The second-order valence-electron chi connectivity index (χ2n) is 9.31. The standard InChI is InChI=1S/C27H33FN4O2/c1-30(2)15-7-8-20-11-13-21(14-12-20)26-24-18-31(16-5-6-17-32(24)25(26)19-33)27(34)29-23-10-4-3-9-22(23)28/h3-4,9-14,24-26,33H,5-6,15-19H2,1-2H3,(H,29,34)/t24-,25+,26+/m1/s1. The largest absolute Gasteiger partial charge is 0.395 e. The van der Waals surface area contributed by atoms with Gasteiger partial charge in [0.05, 0.1) is 18.8 Å². The monoisotopic (exact) mass is 464 g/mol. The van der Waals surface area contributed by atoms with E-state index in [4.69, 9.17) is 0 Å². The minimum Gasteiger partial charge on any atom is -0.395 e. The Morgan fingerprint density at radius 3 is 2.59 bits per heavy atom. The van der Waals surface area contributed by atoms with Crippen LogP contribution in [0.15, 0.2) is 48.5 Å². The number of carbonyl (C=O) groups excluding carboxylic acids is 1. The van der Waals surface area contributed by atoms with Crippen molar-refractivity contribution < 1.29 is 14.3 Å². The third-order valence-electron chi connectivity index (χ3n) is 6.70. The van der Waals surface area contributed by atoms with E-state index in [-0.39, 0.29) is 36.3 Å². The molecule has 0 aromatic heterocycles. The fourth-order valence-electron chi connectivity index (χ4n) is 4.97. The van der Waals surface area contributed by atoms with E-state index in [9.17, 15) is 14.3 Å². The van der Waals surface area contributed by atoms with Crippen LogP contribution >= 0.6 is 0 Å². The van der Waals surface area contributed by atoms with Crippen LogP contribution < -0.4 is 5.32 Å². The number of para-hydroxylation sites is 1. The highest BCUT2D eigenvalue weighted by atomic mass is 19.1. The van der Waals surface area contributed by atoms with E-state index in [1.54, 1.807) is 23.1 Å². The maximum Gasteiger partial charge on any atom is 0.321 e. The molecule has 34 heavy (non-hydrogen) atoms. The topological polar surface area (TPSA) is 59.0 Å². The summed E-state index contributed by atoms with van der Waals surface area (Å²) in [5, 5.41) is 12.9. The van der Waals surface area contributed by atoms with Gasteiger partial charge < -0.3 is 15.3 Å². The zero-order valence-electron chi connectivity index (χ0n) is 19.9. The Balaban J connectivity index is 1.49. The number of nitrogens with zero attached hydrogens (tertiary/aromatic N) is 3. The molecule has 2 fully saturated rings. The minimum atomic E-state index is -0.444. The van der Waals surface area contributed by atoms with Gasteiger partial charge in [0.1, 0.15) is 5.82 Å². The number of benzene rings is 2. The van der Waals surface area contributed by atoms with Gasteiger partial charge in [0, 0.05) is 36.7 Å². The van der Waals surface area contributed by atoms with Crippen molar-refractivity contribution in [3.63, 3.8) is 0 Å². The van der Waals surface area contributed by atoms with Crippen LogP contribution in [0.5, 0.6) is 0 Å². The number of urea groups is 1. The lowest BCUT2D eigenvalue weighted by atomic mass is 9.74. The van der Waals surface area contributed by atoms with Crippen molar-refractivity contribution in [1.82, 2.24) is 14.7 Å². The molecule has 6 nitrogen and oxygen atoms in total. The Hall–Kier alpha value is -2.92. The highest BCUT2D eigenvalue weighted by Crippen LogP contribution is 2.42. The van der Waals surface area contributed by atoms with Crippen molar-refractivity contribution in [3.8, 4) is 11.8 Å². The fourth-order valence-corrected chi connectivity index (χ4v) is 4.97. The molecule has 3 atom stereocenters. The Bertz CT molecular complexity index is 1050. The summed E-state index contributed by atoms with van der Waals surface area (Å²) >= 11 is 0. The average Bonchev–Trinajstić information content (AvgIpc) is 2.80. The van der Waals surface area contributed by atoms with E-state index in [0.717, 1.165) is 30.5 Å². The third kappa shape index (κ3) is 5.41. The average molecular weight is 465 g/mol. The van der Waals surface area contributed by atoms with Crippen molar-refractivity contribution >= 4 is 11.7 Å². The van der Waals surface area contributed by atoms with Crippen molar-refractivity contribution in [2.24, 2.45) is 0 Å². The number of hydrogen-bond acceptors (Lipinski definition) is 4. The Morgan fingerprint density at radius 1 is 1.15 bits per heavy atom. The van der Waals surface area contributed by atoms with Gasteiger partial charge in [0.25, 0.3) is 0 Å². The highest BCUT2D eigenvalue weighted by Gasteiger charge is 2.49. The number of nitrogens with one attached hydrogen (secondary N) is 1. The summed E-state index contributed by atoms with van der Waals surface area (Å²) in [5.41, 5.74) is 2.30. The van der Waals surface area contributed by atoms with Gasteiger partial charge in [-0.2, -0.15) is 0 Å².